The lowest BCUT2D eigenvalue weighted by Crippen LogP contribution is -2.39. The lowest BCUT2D eigenvalue weighted by molar-refractivity contribution is -0.123. The van der Waals surface area contributed by atoms with E-state index in [1.54, 1.807) is 6.92 Å². The van der Waals surface area contributed by atoms with Gasteiger partial charge in [-0.2, -0.15) is 0 Å². The molecule has 2 aromatic rings. The smallest absolute Gasteiger partial charge is 0.238 e. The zero-order chi connectivity index (χ0) is 19.5. The molecule has 2 aliphatic rings. The van der Waals surface area contributed by atoms with E-state index in [0.29, 0.717) is 0 Å². The van der Waals surface area contributed by atoms with Crippen LogP contribution in [0, 0.1) is 5.92 Å². The van der Waals surface area contributed by atoms with E-state index in [0.717, 1.165) is 48.3 Å². The van der Waals surface area contributed by atoms with Crippen molar-refractivity contribution in [3.05, 3.63) is 48.5 Å². The second-order valence-corrected chi connectivity index (χ2v) is 8.13. The van der Waals surface area contributed by atoms with Gasteiger partial charge in [-0.1, -0.05) is 19.1 Å². The molecule has 2 aromatic carbocycles. The summed E-state index contributed by atoms with van der Waals surface area (Å²) in [6.45, 7) is 5.01. The third-order valence-electron chi connectivity index (χ3n) is 5.04. The van der Waals surface area contributed by atoms with E-state index in [-0.39, 0.29) is 11.8 Å². The molecule has 0 bridgehead atoms. The summed E-state index contributed by atoms with van der Waals surface area (Å²) < 4.78 is 5.38. The van der Waals surface area contributed by atoms with E-state index in [2.05, 4.69) is 15.5 Å². The Morgan fingerprint density at radius 2 is 1.89 bits per heavy atom. The van der Waals surface area contributed by atoms with Gasteiger partial charge < -0.3 is 20.3 Å². The molecule has 146 valence electrons. The van der Waals surface area contributed by atoms with Crippen LogP contribution in [0.25, 0.3) is 0 Å². The maximum atomic E-state index is 12.7. The molecule has 0 aromatic heterocycles. The topological polar surface area (TPSA) is 70.7 Å². The number of morpholine rings is 1. The van der Waals surface area contributed by atoms with Crippen LogP contribution in [0.3, 0.4) is 0 Å². The fourth-order valence-corrected chi connectivity index (χ4v) is 4.54. The molecule has 2 amide bonds. The van der Waals surface area contributed by atoms with Crippen LogP contribution in [0.15, 0.2) is 53.4 Å². The maximum Gasteiger partial charge on any atom is 0.238 e. The standard InChI is InChI=1S/C21H23N3O3S/c1-14(19-21(26)23-17-4-2-3-5-18(17)28-19)20(25)22-15-6-8-16(9-7-15)24-10-12-27-13-11-24/h2-9,14,19H,10-13H2,1H3,(H,22,25)(H,23,26). The molecule has 2 atom stereocenters. The molecule has 2 aliphatic heterocycles. The second kappa shape index (κ2) is 8.24. The van der Waals surface area contributed by atoms with Gasteiger partial charge >= 0.3 is 0 Å². The SMILES string of the molecule is CC(C(=O)Nc1ccc(N2CCOCC2)cc1)C1Sc2ccccc2NC1=O. The highest BCUT2D eigenvalue weighted by atomic mass is 32.2. The molecule has 2 N–H and O–H groups in total. The van der Waals surface area contributed by atoms with Crippen molar-refractivity contribution in [3.8, 4) is 0 Å². The van der Waals surface area contributed by atoms with Gasteiger partial charge in [0.1, 0.15) is 0 Å². The largest absolute Gasteiger partial charge is 0.378 e. The zero-order valence-corrected chi connectivity index (χ0v) is 16.5. The fraction of sp³-hybridized carbons (Fsp3) is 0.333. The van der Waals surface area contributed by atoms with Crippen molar-refractivity contribution in [3.63, 3.8) is 0 Å². The van der Waals surface area contributed by atoms with Crippen LogP contribution in [0.1, 0.15) is 6.92 Å². The molecule has 2 unspecified atom stereocenters. The highest BCUT2D eigenvalue weighted by molar-refractivity contribution is 8.01. The van der Waals surface area contributed by atoms with Crippen LogP contribution in [-0.2, 0) is 14.3 Å². The Morgan fingerprint density at radius 3 is 2.64 bits per heavy atom. The molecule has 1 saturated heterocycles. The number of anilines is 3. The van der Waals surface area contributed by atoms with E-state index in [9.17, 15) is 9.59 Å². The lowest BCUT2D eigenvalue weighted by Gasteiger charge is -2.29. The van der Waals surface area contributed by atoms with Crippen LogP contribution >= 0.6 is 11.8 Å². The highest BCUT2D eigenvalue weighted by Crippen LogP contribution is 2.38. The van der Waals surface area contributed by atoms with Gasteiger partial charge in [-0.25, -0.2) is 0 Å². The monoisotopic (exact) mass is 397 g/mol. The van der Waals surface area contributed by atoms with Gasteiger partial charge in [0.25, 0.3) is 0 Å². The quantitative estimate of drug-likeness (QED) is 0.829. The van der Waals surface area contributed by atoms with Gasteiger partial charge in [-0.3, -0.25) is 9.59 Å². The molecule has 0 spiro atoms. The Balaban J connectivity index is 1.40. The molecule has 1 fully saturated rings. The first-order valence-corrected chi connectivity index (χ1v) is 10.3. The third-order valence-corrected chi connectivity index (χ3v) is 6.52. The number of ether oxygens (including phenoxy) is 1. The van der Waals surface area contributed by atoms with E-state index in [1.165, 1.54) is 11.8 Å². The minimum atomic E-state index is -0.461. The third kappa shape index (κ3) is 4.00. The predicted molar refractivity (Wildman–Crippen MR) is 112 cm³/mol. The number of nitrogens with one attached hydrogen (secondary N) is 2. The number of hydrogen-bond donors (Lipinski definition) is 2. The Morgan fingerprint density at radius 1 is 1.18 bits per heavy atom. The number of carbonyl (C=O) groups excluding carboxylic acids is 2. The molecule has 0 saturated carbocycles. The Kier molecular flexibility index (Phi) is 5.54. The van der Waals surface area contributed by atoms with E-state index in [1.807, 2.05) is 48.5 Å². The molecule has 6 nitrogen and oxygen atoms in total. The molecular weight excluding hydrogens is 374 g/mol. The van der Waals surface area contributed by atoms with Gasteiger partial charge in [0, 0.05) is 29.4 Å². The lowest BCUT2D eigenvalue weighted by atomic mass is 10.1. The van der Waals surface area contributed by atoms with E-state index in [4.69, 9.17) is 4.74 Å². The van der Waals surface area contributed by atoms with E-state index >= 15 is 0 Å². The number of benzene rings is 2. The number of nitrogens with zero attached hydrogens (tertiary/aromatic N) is 1. The molecule has 2 heterocycles. The second-order valence-electron chi connectivity index (χ2n) is 6.95. The highest BCUT2D eigenvalue weighted by Gasteiger charge is 2.35. The first kappa shape index (κ1) is 18.8. The minimum absolute atomic E-state index is 0.131. The minimum Gasteiger partial charge on any atom is -0.378 e. The van der Waals surface area contributed by atoms with Crippen molar-refractivity contribution < 1.29 is 14.3 Å². The predicted octanol–water partition coefficient (Wildman–Crippen LogP) is 3.21. The Bertz CT molecular complexity index is 865. The van der Waals surface area contributed by atoms with Crippen molar-refractivity contribution in [2.45, 2.75) is 17.1 Å². The maximum absolute atomic E-state index is 12.7. The summed E-state index contributed by atoms with van der Waals surface area (Å²) in [4.78, 5) is 28.4. The van der Waals surface area contributed by atoms with Gasteiger partial charge in [-0.05, 0) is 36.4 Å². The first-order valence-electron chi connectivity index (χ1n) is 9.42. The summed E-state index contributed by atoms with van der Waals surface area (Å²) in [7, 11) is 0. The van der Waals surface area contributed by atoms with Crippen LogP contribution in [-0.4, -0.2) is 43.4 Å². The van der Waals surface area contributed by atoms with Gasteiger partial charge in [0.05, 0.1) is 30.1 Å². The van der Waals surface area contributed by atoms with Gasteiger partial charge in [-0.15, -0.1) is 11.8 Å². The number of thioether (sulfide) groups is 1. The summed E-state index contributed by atoms with van der Waals surface area (Å²) >= 11 is 1.44. The van der Waals surface area contributed by atoms with Crippen molar-refractivity contribution in [1.29, 1.82) is 0 Å². The fourth-order valence-electron chi connectivity index (χ4n) is 3.37. The molecule has 0 aliphatic carbocycles. The van der Waals surface area contributed by atoms with Crippen molar-refractivity contribution in [2.24, 2.45) is 5.92 Å². The number of carbonyl (C=O) groups is 2. The van der Waals surface area contributed by atoms with Crippen LogP contribution < -0.4 is 15.5 Å². The van der Waals surface area contributed by atoms with Gasteiger partial charge in [0.15, 0.2) is 0 Å². The number of rotatable bonds is 4. The molecule has 4 rings (SSSR count). The number of para-hydroxylation sites is 1. The molecule has 7 heteroatoms. The Hall–Kier alpha value is -2.51. The average molecular weight is 398 g/mol. The van der Waals surface area contributed by atoms with Crippen molar-refractivity contribution >= 4 is 40.6 Å². The van der Waals surface area contributed by atoms with Crippen LogP contribution in [0.4, 0.5) is 17.1 Å². The van der Waals surface area contributed by atoms with Crippen LogP contribution in [0.2, 0.25) is 0 Å². The average Bonchev–Trinajstić information content (AvgIpc) is 2.74. The first-order chi connectivity index (χ1) is 13.6. The summed E-state index contributed by atoms with van der Waals surface area (Å²) in [6, 6.07) is 15.5. The van der Waals surface area contributed by atoms with Crippen molar-refractivity contribution in [2.75, 3.05) is 41.8 Å². The normalized spacial score (nSPS) is 20.1. The summed E-state index contributed by atoms with van der Waals surface area (Å²) in [6.07, 6.45) is 0. The van der Waals surface area contributed by atoms with E-state index < -0.39 is 11.2 Å². The molecule has 28 heavy (non-hydrogen) atoms. The molecular formula is C21H23N3O3S. The number of hydrogen-bond acceptors (Lipinski definition) is 5. The number of amides is 2. The van der Waals surface area contributed by atoms with Crippen LogP contribution in [0.5, 0.6) is 0 Å². The summed E-state index contributed by atoms with van der Waals surface area (Å²) in [5, 5.41) is 5.38. The number of fused-ring (bicyclic) bond motifs is 1. The summed E-state index contributed by atoms with van der Waals surface area (Å²) in [5.41, 5.74) is 2.66. The zero-order valence-electron chi connectivity index (χ0n) is 15.7. The van der Waals surface area contributed by atoms with Gasteiger partial charge in [0.2, 0.25) is 11.8 Å². The van der Waals surface area contributed by atoms with Crippen molar-refractivity contribution in [1.82, 2.24) is 0 Å². The Labute approximate surface area is 168 Å². The summed E-state index contributed by atoms with van der Waals surface area (Å²) in [5.74, 6) is -0.752. The molecule has 0 radical (unpaired) electrons.